The maximum atomic E-state index is 11.7. The number of esters is 1. The van der Waals surface area contributed by atoms with E-state index in [0.717, 1.165) is 0 Å². The van der Waals surface area contributed by atoms with E-state index in [1.54, 1.807) is 24.4 Å². The molecule has 0 unspecified atom stereocenters. The quantitative estimate of drug-likeness (QED) is 0.748. The van der Waals surface area contributed by atoms with Gasteiger partial charge in [0.05, 0.1) is 25.0 Å². The molecule has 0 saturated heterocycles. The van der Waals surface area contributed by atoms with Gasteiger partial charge in [-0.1, -0.05) is 0 Å². The normalized spacial score (nSPS) is 10.5. The summed E-state index contributed by atoms with van der Waals surface area (Å²) in [6.45, 7) is 3.88. The lowest BCUT2D eigenvalue weighted by atomic mass is 10.2. The largest absolute Gasteiger partial charge is 0.480 e. The minimum absolute atomic E-state index is 0.332. The molecule has 0 amide bonds. The van der Waals surface area contributed by atoms with Crippen LogP contribution < -0.4 is 4.74 Å². The van der Waals surface area contributed by atoms with Crippen molar-refractivity contribution >= 4 is 11.6 Å². The fourth-order valence-electron chi connectivity index (χ4n) is 1.54. The zero-order valence-electron chi connectivity index (χ0n) is 9.93. The van der Waals surface area contributed by atoms with Gasteiger partial charge in [0.25, 0.3) is 0 Å². The smallest absolute Gasteiger partial charge is 0.341 e. The molecule has 2 aromatic rings. The lowest BCUT2D eigenvalue weighted by Gasteiger charge is -2.05. The van der Waals surface area contributed by atoms with E-state index in [1.165, 1.54) is 13.3 Å². The van der Waals surface area contributed by atoms with Crippen LogP contribution in [0.1, 0.15) is 23.0 Å². The molecule has 0 saturated carbocycles. The first kappa shape index (κ1) is 11.4. The lowest BCUT2D eigenvalue weighted by Crippen LogP contribution is -2.11. The summed E-state index contributed by atoms with van der Waals surface area (Å²) in [5.74, 6) is 0.0653. The number of fused-ring (bicyclic) bond motifs is 1. The summed E-state index contributed by atoms with van der Waals surface area (Å²) >= 11 is 0. The van der Waals surface area contributed by atoms with Crippen LogP contribution in [-0.4, -0.2) is 34.3 Å². The standard InChI is InChI=1S/C11H13N3O3/c1-4-17-11(15)8-6-12-9-5-10(16-3)13-14(9)7(8)2/h5-6H,4H2,1-3H3. The minimum atomic E-state index is -0.395. The number of aromatic nitrogens is 3. The van der Waals surface area contributed by atoms with E-state index in [2.05, 4.69) is 10.1 Å². The van der Waals surface area contributed by atoms with Crippen molar-refractivity contribution in [2.24, 2.45) is 0 Å². The Morgan fingerprint density at radius 2 is 2.29 bits per heavy atom. The molecule has 6 heteroatoms. The molecule has 0 aliphatic rings. The summed E-state index contributed by atoms with van der Waals surface area (Å²) in [6, 6.07) is 1.70. The monoisotopic (exact) mass is 235 g/mol. The van der Waals surface area contributed by atoms with Gasteiger partial charge in [-0.3, -0.25) is 0 Å². The van der Waals surface area contributed by atoms with Crippen molar-refractivity contribution in [2.75, 3.05) is 13.7 Å². The van der Waals surface area contributed by atoms with Gasteiger partial charge in [0.15, 0.2) is 5.65 Å². The Morgan fingerprint density at radius 3 is 2.94 bits per heavy atom. The second-order valence-electron chi connectivity index (χ2n) is 3.43. The highest BCUT2D eigenvalue weighted by atomic mass is 16.5. The molecule has 0 aromatic carbocycles. The predicted molar refractivity (Wildman–Crippen MR) is 60.2 cm³/mol. The summed E-state index contributed by atoms with van der Waals surface area (Å²) in [4.78, 5) is 15.8. The van der Waals surface area contributed by atoms with Crippen LogP contribution in [-0.2, 0) is 4.74 Å². The summed E-state index contributed by atoms with van der Waals surface area (Å²) < 4.78 is 11.5. The van der Waals surface area contributed by atoms with E-state index in [-0.39, 0.29) is 0 Å². The molecule has 2 aromatic heterocycles. The average Bonchev–Trinajstić information content (AvgIpc) is 2.73. The molecule has 0 aliphatic carbocycles. The summed E-state index contributed by atoms with van der Waals surface area (Å²) in [7, 11) is 1.53. The lowest BCUT2D eigenvalue weighted by molar-refractivity contribution is 0.0524. The fraction of sp³-hybridized carbons (Fsp3) is 0.364. The van der Waals surface area contributed by atoms with Gasteiger partial charge < -0.3 is 9.47 Å². The number of methoxy groups -OCH3 is 1. The molecular weight excluding hydrogens is 222 g/mol. The number of rotatable bonds is 3. The fourth-order valence-corrected chi connectivity index (χ4v) is 1.54. The van der Waals surface area contributed by atoms with Crippen molar-refractivity contribution in [3.8, 4) is 5.88 Å². The maximum absolute atomic E-state index is 11.7. The Hall–Kier alpha value is -2.11. The molecule has 0 atom stereocenters. The van der Waals surface area contributed by atoms with Crippen LogP contribution >= 0.6 is 0 Å². The van der Waals surface area contributed by atoms with E-state index in [0.29, 0.717) is 29.4 Å². The van der Waals surface area contributed by atoms with Crippen LogP contribution in [0.4, 0.5) is 0 Å². The molecule has 0 fully saturated rings. The first-order chi connectivity index (χ1) is 8.17. The second kappa shape index (κ2) is 4.40. The highest BCUT2D eigenvalue weighted by Gasteiger charge is 2.15. The van der Waals surface area contributed by atoms with Crippen molar-refractivity contribution in [1.29, 1.82) is 0 Å². The Bertz CT molecular complexity index is 562. The van der Waals surface area contributed by atoms with E-state index < -0.39 is 5.97 Å². The molecular formula is C11H13N3O3. The first-order valence-corrected chi connectivity index (χ1v) is 5.24. The van der Waals surface area contributed by atoms with Crippen molar-refractivity contribution in [2.45, 2.75) is 13.8 Å². The van der Waals surface area contributed by atoms with Crippen molar-refractivity contribution < 1.29 is 14.3 Å². The molecule has 0 radical (unpaired) electrons. The van der Waals surface area contributed by atoms with E-state index in [9.17, 15) is 4.79 Å². The van der Waals surface area contributed by atoms with Crippen molar-refractivity contribution in [3.05, 3.63) is 23.5 Å². The van der Waals surface area contributed by atoms with Crippen molar-refractivity contribution in [1.82, 2.24) is 14.6 Å². The molecule has 0 bridgehead atoms. The predicted octanol–water partition coefficient (Wildman–Crippen LogP) is 1.22. The average molecular weight is 235 g/mol. The number of aryl methyl sites for hydroxylation is 1. The van der Waals surface area contributed by atoms with E-state index >= 15 is 0 Å². The van der Waals surface area contributed by atoms with Crippen molar-refractivity contribution in [3.63, 3.8) is 0 Å². The third-order valence-corrected chi connectivity index (χ3v) is 2.41. The summed E-state index contributed by atoms with van der Waals surface area (Å²) in [6.07, 6.45) is 1.49. The molecule has 2 heterocycles. The third kappa shape index (κ3) is 1.93. The Morgan fingerprint density at radius 1 is 1.53 bits per heavy atom. The number of hydrogen-bond acceptors (Lipinski definition) is 5. The number of carbonyl (C=O) groups excluding carboxylic acids is 1. The van der Waals surface area contributed by atoms with Gasteiger partial charge in [-0.2, -0.15) is 0 Å². The number of nitrogens with zero attached hydrogens (tertiary/aromatic N) is 3. The van der Waals surface area contributed by atoms with Gasteiger partial charge in [0.2, 0.25) is 5.88 Å². The zero-order valence-corrected chi connectivity index (χ0v) is 9.93. The first-order valence-electron chi connectivity index (χ1n) is 5.24. The molecule has 2 rings (SSSR count). The van der Waals surface area contributed by atoms with Gasteiger partial charge in [0, 0.05) is 12.3 Å². The molecule has 0 N–H and O–H groups in total. The van der Waals surface area contributed by atoms with E-state index in [4.69, 9.17) is 9.47 Å². The highest BCUT2D eigenvalue weighted by molar-refractivity contribution is 5.90. The molecule has 90 valence electrons. The molecule has 6 nitrogen and oxygen atoms in total. The topological polar surface area (TPSA) is 65.7 Å². The van der Waals surface area contributed by atoms with Crippen LogP contribution in [0.15, 0.2) is 12.3 Å². The number of hydrogen-bond donors (Lipinski definition) is 0. The van der Waals surface area contributed by atoms with Gasteiger partial charge in [-0.05, 0) is 13.8 Å². The zero-order chi connectivity index (χ0) is 12.4. The molecule has 0 aliphatic heterocycles. The Kier molecular flexibility index (Phi) is 2.95. The van der Waals surface area contributed by atoms with Gasteiger partial charge >= 0.3 is 5.97 Å². The highest BCUT2D eigenvalue weighted by Crippen LogP contribution is 2.15. The van der Waals surface area contributed by atoms with Gasteiger partial charge in [-0.15, -0.1) is 5.10 Å². The van der Waals surface area contributed by atoms with E-state index in [1.807, 2.05) is 0 Å². The third-order valence-electron chi connectivity index (χ3n) is 2.41. The van der Waals surface area contributed by atoms with Crippen LogP contribution in [0, 0.1) is 6.92 Å². The maximum Gasteiger partial charge on any atom is 0.341 e. The van der Waals surface area contributed by atoms with Crippen LogP contribution in [0.5, 0.6) is 5.88 Å². The van der Waals surface area contributed by atoms with Crippen LogP contribution in [0.3, 0.4) is 0 Å². The molecule has 0 spiro atoms. The van der Waals surface area contributed by atoms with Gasteiger partial charge in [0.1, 0.15) is 0 Å². The number of carbonyl (C=O) groups is 1. The molecule has 17 heavy (non-hydrogen) atoms. The van der Waals surface area contributed by atoms with Gasteiger partial charge in [-0.25, -0.2) is 14.3 Å². The second-order valence-corrected chi connectivity index (χ2v) is 3.43. The summed E-state index contributed by atoms with van der Waals surface area (Å²) in [5.41, 5.74) is 1.72. The Balaban J connectivity index is 2.52. The number of ether oxygens (including phenoxy) is 2. The summed E-state index contributed by atoms with van der Waals surface area (Å²) in [5, 5.41) is 4.16. The minimum Gasteiger partial charge on any atom is -0.480 e. The SMILES string of the molecule is CCOC(=O)c1cnc2cc(OC)nn2c1C. The van der Waals surface area contributed by atoms with Crippen LogP contribution in [0.25, 0.3) is 5.65 Å². The van der Waals surface area contributed by atoms with Crippen LogP contribution in [0.2, 0.25) is 0 Å². The Labute approximate surface area is 98.2 Å².